The van der Waals surface area contributed by atoms with E-state index in [1.807, 2.05) is 24.3 Å². The van der Waals surface area contributed by atoms with E-state index in [-0.39, 0.29) is 5.69 Å². The number of methoxy groups -OCH3 is 1. The molecule has 1 aromatic carbocycles. The van der Waals surface area contributed by atoms with E-state index >= 15 is 0 Å². The van der Waals surface area contributed by atoms with Crippen LogP contribution in [-0.4, -0.2) is 34.7 Å². The molecule has 0 aliphatic heterocycles. The molecule has 1 fully saturated rings. The molecule has 0 spiro atoms. The molecule has 0 atom stereocenters. The smallest absolute Gasteiger partial charge is 0.360 e. The number of nitrogens with zero attached hydrogens (tertiary/aromatic N) is 3. The largest absolute Gasteiger partial charge is 0.497 e. The number of esters is 1. The van der Waals surface area contributed by atoms with Crippen molar-refractivity contribution in [3.63, 3.8) is 0 Å². The molecule has 2 aromatic rings. The van der Waals surface area contributed by atoms with Gasteiger partial charge in [0.1, 0.15) is 5.75 Å². The van der Waals surface area contributed by atoms with Gasteiger partial charge in [-0.05, 0) is 49.9 Å². The molecule has 1 aromatic heterocycles. The fourth-order valence-electron chi connectivity index (χ4n) is 2.03. The van der Waals surface area contributed by atoms with Crippen LogP contribution in [0.25, 0.3) is 5.69 Å². The molecule has 0 saturated heterocycles. The summed E-state index contributed by atoms with van der Waals surface area (Å²) in [4.78, 5) is 12.0. The molecule has 1 heterocycles. The van der Waals surface area contributed by atoms with Gasteiger partial charge in [0.25, 0.3) is 0 Å². The lowest BCUT2D eigenvalue weighted by molar-refractivity contribution is 0.0478. The average molecular weight is 287 g/mol. The molecule has 1 saturated carbocycles. The highest BCUT2D eigenvalue weighted by Gasteiger charge is 2.25. The minimum absolute atomic E-state index is 0.270. The topological polar surface area (TPSA) is 66.2 Å². The van der Waals surface area contributed by atoms with Crippen LogP contribution in [0.3, 0.4) is 0 Å². The van der Waals surface area contributed by atoms with Gasteiger partial charge in [-0.3, -0.25) is 0 Å². The van der Waals surface area contributed by atoms with Crippen LogP contribution in [0.5, 0.6) is 5.75 Å². The summed E-state index contributed by atoms with van der Waals surface area (Å²) in [7, 11) is 1.61. The molecule has 6 nitrogen and oxygen atoms in total. The number of hydrogen-bond donors (Lipinski definition) is 0. The monoisotopic (exact) mass is 287 g/mol. The van der Waals surface area contributed by atoms with Crippen molar-refractivity contribution >= 4 is 5.97 Å². The van der Waals surface area contributed by atoms with Gasteiger partial charge in [-0.25, -0.2) is 9.48 Å². The van der Waals surface area contributed by atoms with Gasteiger partial charge in [0.2, 0.25) is 0 Å². The number of carbonyl (C=O) groups is 1. The zero-order valence-corrected chi connectivity index (χ0v) is 12.1. The van der Waals surface area contributed by atoms with E-state index in [0.717, 1.165) is 24.3 Å². The van der Waals surface area contributed by atoms with Crippen molar-refractivity contribution in [2.45, 2.75) is 19.8 Å². The summed E-state index contributed by atoms with van der Waals surface area (Å²) >= 11 is 0. The third kappa shape index (κ3) is 2.89. The highest BCUT2D eigenvalue weighted by atomic mass is 16.5. The van der Waals surface area contributed by atoms with Crippen LogP contribution in [0.1, 0.15) is 29.0 Å². The van der Waals surface area contributed by atoms with E-state index in [0.29, 0.717) is 18.2 Å². The SMILES string of the molecule is COc1ccc(-n2nnc(C(=O)OCC3CC3)c2C)cc1. The van der Waals surface area contributed by atoms with Crippen molar-refractivity contribution in [1.82, 2.24) is 15.0 Å². The highest BCUT2D eigenvalue weighted by Crippen LogP contribution is 2.29. The molecule has 0 unspecified atom stereocenters. The maximum absolute atomic E-state index is 12.0. The Kier molecular flexibility index (Phi) is 3.60. The van der Waals surface area contributed by atoms with Crippen LogP contribution < -0.4 is 4.74 Å². The Labute approximate surface area is 122 Å². The molecule has 1 aliphatic carbocycles. The zero-order chi connectivity index (χ0) is 14.8. The van der Waals surface area contributed by atoms with E-state index in [1.54, 1.807) is 18.7 Å². The maximum atomic E-state index is 12.0. The molecule has 110 valence electrons. The van der Waals surface area contributed by atoms with Crippen LogP contribution in [0.4, 0.5) is 0 Å². The first kappa shape index (κ1) is 13.6. The summed E-state index contributed by atoms with van der Waals surface area (Å²) in [5, 5.41) is 7.97. The fraction of sp³-hybridized carbons (Fsp3) is 0.400. The normalized spacial score (nSPS) is 14.0. The van der Waals surface area contributed by atoms with Gasteiger partial charge in [-0.1, -0.05) is 5.21 Å². The number of rotatable bonds is 5. The summed E-state index contributed by atoms with van der Waals surface area (Å²) in [5.74, 6) is 0.894. The van der Waals surface area contributed by atoms with E-state index in [1.165, 1.54) is 0 Å². The molecule has 0 radical (unpaired) electrons. The lowest BCUT2D eigenvalue weighted by Crippen LogP contribution is -2.10. The van der Waals surface area contributed by atoms with Crippen molar-refractivity contribution in [3.05, 3.63) is 35.7 Å². The first-order valence-corrected chi connectivity index (χ1v) is 6.93. The highest BCUT2D eigenvalue weighted by molar-refractivity contribution is 5.88. The Morgan fingerprint density at radius 1 is 1.33 bits per heavy atom. The number of benzene rings is 1. The Morgan fingerprint density at radius 3 is 2.67 bits per heavy atom. The van der Waals surface area contributed by atoms with Gasteiger partial charge in [0.15, 0.2) is 5.69 Å². The van der Waals surface area contributed by atoms with E-state index in [4.69, 9.17) is 9.47 Å². The molecule has 6 heteroatoms. The number of aromatic nitrogens is 3. The molecule has 0 N–H and O–H groups in total. The number of ether oxygens (including phenoxy) is 2. The summed E-state index contributed by atoms with van der Waals surface area (Å²) in [5.41, 5.74) is 1.76. The summed E-state index contributed by atoms with van der Waals surface area (Å²) in [6.45, 7) is 2.28. The molecule has 21 heavy (non-hydrogen) atoms. The standard InChI is InChI=1S/C15H17N3O3/c1-10-14(15(19)21-9-11-3-4-11)16-17-18(10)12-5-7-13(20-2)8-6-12/h5-8,11H,3-4,9H2,1-2H3. The molecular formula is C15H17N3O3. The van der Waals surface area contributed by atoms with Crippen molar-refractivity contribution in [3.8, 4) is 11.4 Å². The first-order valence-electron chi connectivity index (χ1n) is 6.93. The Hall–Kier alpha value is -2.37. The van der Waals surface area contributed by atoms with Gasteiger partial charge in [0, 0.05) is 0 Å². The van der Waals surface area contributed by atoms with Gasteiger partial charge in [-0.2, -0.15) is 0 Å². The molecular weight excluding hydrogens is 270 g/mol. The minimum atomic E-state index is -0.404. The molecule has 3 rings (SSSR count). The average Bonchev–Trinajstić information content (AvgIpc) is 3.26. The summed E-state index contributed by atoms with van der Waals surface area (Å²) in [6, 6.07) is 7.39. The van der Waals surface area contributed by atoms with E-state index in [9.17, 15) is 4.79 Å². The maximum Gasteiger partial charge on any atom is 0.360 e. The van der Waals surface area contributed by atoms with Gasteiger partial charge >= 0.3 is 5.97 Å². The zero-order valence-electron chi connectivity index (χ0n) is 12.1. The molecule has 0 bridgehead atoms. The van der Waals surface area contributed by atoms with Crippen molar-refractivity contribution in [2.75, 3.05) is 13.7 Å². The lowest BCUT2D eigenvalue weighted by Gasteiger charge is -2.05. The third-order valence-corrected chi connectivity index (χ3v) is 3.55. The second-order valence-electron chi connectivity index (χ2n) is 5.18. The Balaban J connectivity index is 1.78. The molecule has 0 amide bonds. The summed E-state index contributed by atoms with van der Waals surface area (Å²) < 4.78 is 12.0. The predicted octanol–water partition coefficient (Wildman–Crippen LogP) is 2.15. The summed E-state index contributed by atoms with van der Waals surface area (Å²) in [6.07, 6.45) is 2.29. The number of hydrogen-bond acceptors (Lipinski definition) is 5. The predicted molar refractivity (Wildman–Crippen MR) is 75.7 cm³/mol. The second kappa shape index (κ2) is 5.55. The van der Waals surface area contributed by atoms with E-state index < -0.39 is 5.97 Å². The van der Waals surface area contributed by atoms with Crippen molar-refractivity contribution in [1.29, 1.82) is 0 Å². The lowest BCUT2D eigenvalue weighted by atomic mass is 10.3. The number of carbonyl (C=O) groups excluding carboxylic acids is 1. The Morgan fingerprint density at radius 2 is 2.05 bits per heavy atom. The third-order valence-electron chi connectivity index (χ3n) is 3.55. The van der Waals surface area contributed by atoms with Gasteiger partial charge in [0.05, 0.1) is 25.1 Å². The second-order valence-corrected chi connectivity index (χ2v) is 5.18. The van der Waals surface area contributed by atoms with Crippen LogP contribution >= 0.6 is 0 Å². The van der Waals surface area contributed by atoms with Crippen LogP contribution in [0, 0.1) is 12.8 Å². The first-order chi connectivity index (χ1) is 10.2. The minimum Gasteiger partial charge on any atom is -0.497 e. The Bertz CT molecular complexity index is 645. The van der Waals surface area contributed by atoms with Gasteiger partial charge < -0.3 is 9.47 Å². The van der Waals surface area contributed by atoms with Crippen LogP contribution in [0.2, 0.25) is 0 Å². The quantitative estimate of drug-likeness (QED) is 0.788. The van der Waals surface area contributed by atoms with E-state index in [2.05, 4.69) is 10.3 Å². The van der Waals surface area contributed by atoms with Crippen LogP contribution in [-0.2, 0) is 4.74 Å². The fourth-order valence-corrected chi connectivity index (χ4v) is 2.03. The van der Waals surface area contributed by atoms with Crippen molar-refractivity contribution < 1.29 is 14.3 Å². The molecule has 1 aliphatic rings. The van der Waals surface area contributed by atoms with Crippen molar-refractivity contribution in [2.24, 2.45) is 5.92 Å². The van der Waals surface area contributed by atoms with Crippen LogP contribution in [0.15, 0.2) is 24.3 Å². The van der Waals surface area contributed by atoms with Gasteiger partial charge in [-0.15, -0.1) is 5.10 Å².